The molecule has 1 saturated heterocycles. The van der Waals surface area contributed by atoms with Crippen molar-refractivity contribution < 1.29 is 42.1 Å². The molecular formula is C42H46F3N5O6S. The van der Waals surface area contributed by atoms with Gasteiger partial charge in [-0.2, -0.15) is 13.2 Å². The number of rotatable bonds is 8. The summed E-state index contributed by atoms with van der Waals surface area (Å²) in [5.41, 5.74) is 0.668. The number of pyridine rings is 1. The number of aryl methyl sites for hydroxylation is 1. The summed E-state index contributed by atoms with van der Waals surface area (Å²) < 4.78 is 53.4. The Kier molecular flexibility index (Phi) is 11.2. The van der Waals surface area contributed by atoms with Crippen LogP contribution >= 0.6 is 11.3 Å². The van der Waals surface area contributed by atoms with Crippen molar-refractivity contribution in [3.63, 3.8) is 0 Å². The number of carboxylic acids is 1. The van der Waals surface area contributed by atoms with E-state index in [0.717, 1.165) is 36.2 Å². The summed E-state index contributed by atoms with van der Waals surface area (Å²) >= 11 is 1.46. The van der Waals surface area contributed by atoms with Gasteiger partial charge in [0.1, 0.15) is 45.9 Å². The first-order chi connectivity index (χ1) is 27.2. The Morgan fingerprint density at radius 3 is 2.63 bits per heavy atom. The van der Waals surface area contributed by atoms with Gasteiger partial charge in [0.15, 0.2) is 0 Å². The first-order valence-electron chi connectivity index (χ1n) is 19.3. The molecule has 2 aromatic heterocycles. The fraction of sp³-hybridized carbons (Fsp3) is 0.452. The number of nitrogens with one attached hydrogen (secondary N) is 2. The number of methoxy groups -OCH3 is 1. The number of alkyl halides is 3. The summed E-state index contributed by atoms with van der Waals surface area (Å²) in [4.78, 5) is 52.7. The topological polar surface area (TPSA) is 143 Å². The molecule has 0 unspecified atom stereocenters. The number of fused-ring (bicyclic) bond motifs is 3. The molecule has 1 aliphatic carbocycles. The standard InChI is InChI=1S/C42H46F3N5O6S/c1-23(2)32-22-57-38(48-32)31-19-35(29-15-16-34(55-4)24(3)36(29)47-31)56-28-18-33-37(51)49-41(40(53)54)20-26(41)11-8-6-5-7-9-14-30(39(52)50(33)21-28)46-27-13-10-12-25(17-27)42(43,44)45/h8,10-13,15-17,19,22-23,26,28,30,33,46H,5-7,9,14,18,20-21H2,1-4H3,(H,49,51)(H,53,54)/t26-,28-,30+,33+,41-/m1/s1. The lowest BCUT2D eigenvalue weighted by Gasteiger charge is -2.30. The molecule has 2 aliphatic heterocycles. The van der Waals surface area contributed by atoms with E-state index in [-0.39, 0.29) is 31.0 Å². The van der Waals surface area contributed by atoms with Crippen LogP contribution in [-0.2, 0) is 20.6 Å². The van der Waals surface area contributed by atoms with Gasteiger partial charge in [0, 0.05) is 40.4 Å². The first kappa shape index (κ1) is 40.0. The second-order valence-electron chi connectivity index (χ2n) is 15.4. The monoisotopic (exact) mass is 805 g/mol. The van der Waals surface area contributed by atoms with Crippen LogP contribution in [0.5, 0.6) is 11.5 Å². The van der Waals surface area contributed by atoms with Crippen LogP contribution in [0, 0.1) is 12.8 Å². The van der Waals surface area contributed by atoms with Gasteiger partial charge in [0.05, 0.1) is 30.4 Å². The molecule has 0 radical (unpaired) electrons. The lowest BCUT2D eigenvalue weighted by atomic mass is 10.0. The van der Waals surface area contributed by atoms with Gasteiger partial charge < -0.3 is 30.1 Å². The number of carbonyl (C=O) groups excluding carboxylic acids is 2. The number of thiazole rings is 1. The number of nitrogens with zero attached hydrogens (tertiary/aromatic N) is 3. The molecular weight excluding hydrogens is 760 g/mol. The second-order valence-corrected chi connectivity index (χ2v) is 16.3. The zero-order chi connectivity index (χ0) is 40.6. The minimum atomic E-state index is -4.59. The Bertz CT molecular complexity index is 2210. The number of hydrogen-bond acceptors (Lipinski definition) is 9. The summed E-state index contributed by atoms with van der Waals surface area (Å²) in [5, 5.41) is 19.5. The minimum Gasteiger partial charge on any atom is -0.496 e. The Morgan fingerprint density at radius 2 is 1.91 bits per heavy atom. The number of amides is 2. The van der Waals surface area contributed by atoms with Crippen LogP contribution in [0.4, 0.5) is 18.9 Å². The number of carbonyl (C=O) groups is 3. The third-order valence-corrected chi connectivity index (χ3v) is 12.0. The molecule has 15 heteroatoms. The predicted octanol–water partition coefficient (Wildman–Crippen LogP) is 8.13. The number of aromatic nitrogens is 2. The highest BCUT2D eigenvalue weighted by atomic mass is 32.1. The van der Waals surface area contributed by atoms with Gasteiger partial charge >= 0.3 is 12.1 Å². The highest BCUT2D eigenvalue weighted by Crippen LogP contribution is 2.46. The molecule has 0 spiro atoms. The predicted molar refractivity (Wildman–Crippen MR) is 210 cm³/mol. The Balaban J connectivity index is 1.25. The van der Waals surface area contributed by atoms with Gasteiger partial charge in [0.2, 0.25) is 11.8 Å². The number of aliphatic carboxylic acids is 1. The van der Waals surface area contributed by atoms with Crippen molar-refractivity contribution in [2.24, 2.45) is 5.92 Å². The molecule has 4 heterocycles. The number of carboxylic acid groups (broad SMARTS) is 1. The van der Waals surface area contributed by atoms with Gasteiger partial charge in [-0.3, -0.25) is 9.59 Å². The van der Waals surface area contributed by atoms with Gasteiger partial charge in [-0.05, 0) is 68.9 Å². The van der Waals surface area contributed by atoms with Crippen molar-refractivity contribution in [1.29, 1.82) is 0 Å². The van der Waals surface area contributed by atoms with Gasteiger partial charge in [-0.25, -0.2) is 14.8 Å². The quantitative estimate of drug-likeness (QED) is 0.151. The number of halogens is 3. The summed E-state index contributed by atoms with van der Waals surface area (Å²) in [6, 6.07) is 8.04. The zero-order valence-electron chi connectivity index (χ0n) is 32.2. The van der Waals surface area contributed by atoms with E-state index in [1.165, 1.54) is 28.4 Å². The van der Waals surface area contributed by atoms with Gasteiger partial charge in [-0.15, -0.1) is 11.3 Å². The maximum Gasteiger partial charge on any atom is 0.416 e. The first-order valence-corrected chi connectivity index (χ1v) is 20.1. The van der Waals surface area contributed by atoms with E-state index in [4.69, 9.17) is 19.4 Å². The third kappa shape index (κ3) is 8.30. The lowest BCUT2D eigenvalue weighted by Crippen LogP contribution is -2.55. The van der Waals surface area contributed by atoms with Crippen molar-refractivity contribution in [3.8, 4) is 22.2 Å². The van der Waals surface area contributed by atoms with E-state index < -0.39 is 59.2 Å². The average molecular weight is 806 g/mol. The summed E-state index contributed by atoms with van der Waals surface area (Å²) in [5.74, 6) is -1.40. The van der Waals surface area contributed by atoms with Gasteiger partial charge in [-0.1, -0.05) is 44.9 Å². The molecule has 1 saturated carbocycles. The number of anilines is 1. The van der Waals surface area contributed by atoms with Crippen molar-refractivity contribution in [3.05, 3.63) is 76.8 Å². The summed E-state index contributed by atoms with van der Waals surface area (Å²) in [6.07, 6.45) is 1.79. The average Bonchev–Trinajstić information content (AvgIpc) is 3.46. The Hall–Kier alpha value is -5.18. The van der Waals surface area contributed by atoms with Crippen LogP contribution < -0.4 is 20.1 Å². The van der Waals surface area contributed by atoms with Crippen molar-refractivity contribution >= 4 is 45.7 Å². The van der Waals surface area contributed by atoms with Crippen molar-refractivity contribution in [1.82, 2.24) is 20.2 Å². The summed E-state index contributed by atoms with van der Waals surface area (Å²) in [7, 11) is 1.58. The number of ether oxygens (including phenoxy) is 2. The van der Waals surface area contributed by atoms with Crippen molar-refractivity contribution in [2.45, 2.75) is 102 Å². The minimum absolute atomic E-state index is 0.0348. The van der Waals surface area contributed by atoms with Crippen LogP contribution in [0.1, 0.15) is 81.5 Å². The molecule has 11 nitrogen and oxygen atoms in total. The maximum atomic E-state index is 14.7. The van der Waals surface area contributed by atoms with E-state index in [9.17, 15) is 32.7 Å². The molecule has 3 aliphatic rings. The van der Waals surface area contributed by atoms with E-state index in [2.05, 4.69) is 24.5 Å². The molecule has 2 fully saturated rings. The fourth-order valence-corrected chi connectivity index (χ4v) is 8.73. The maximum absolute atomic E-state index is 14.7. The third-order valence-electron chi connectivity index (χ3n) is 11.1. The molecule has 7 rings (SSSR count). The van der Waals surface area contributed by atoms with E-state index in [0.29, 0.717) is 52.4 Å². The van der Waals surface area contributed by atoms with Gasteiger partial charge in [0.25, 0.3) is 0 Å². The number of allylic oxidation sites excluding steroid dienone is 1. The lowest BCUT2D eigenvalue weighted by molar-refractivity contribution is -0.145. The van der Waals surface area contributed by atoms with Crippen LogP contribution in [0.25, 0.3) is 21.6 Å². The van der Waals surface area contributed by atoms with E-state index in [1.54, 1.807) is 13.2 Å². The Labute approximate surface area is 332 Å². The molecule has 302 valence electrons. The van der Waals surface area contributed by atoms with Crippen LogP contribution in [-0.4, -0.2) is 75.1 Å². The van der Waals surface area contributed by atoms with E-state index >= 15 is 0 Å². The second kappa shape index (κ2) is 16.0. The van der Waals surface area contributed by atoms with Crippen LogP contribution in [0.2, 0.25) is 0 Å². The Morgan fingerprint density at radius 1 is 1.11 bits per heavy atom. The molecule has 3 N–H and O–H groups in total. The normalized spacial score (nSPS) is 24.3. The van der Waals surface area contributed by atoms with Crippen LogP contribution in [0.3, 0.4) is 0 Å². The number of benzene rings is 2. The highest BCUT2D eigenvalue weighted by Gasteiger charge is 2.61. The highest BCUT2D eigenvalue weighted by molar-refractivity contribution is 7.13. The molecule has 2 amide bonds. The summed E-state index contributed by atoms with van der Waals surface area (Å²) in [6.45, 7) is 5.98. The molecule has 4 aromatic rings. The molecule has 0 bridgehead atoms. The molecule has 5 atom stereocenters. The molecule has 2 aromatic carbocycles. The van der Waals surface area contributed by atoms with Crippen molar-refractivity contribution in [2.75, 3.05) is 19.0 Å². The number of hydrogen-bond donors (Lipinski definition) is 3. The molecule has 57 heavy (non-hydrogen) atoms. The zero-order valence-corrected chi connectivity index (χ0v) is 33.0. The SMILES string of the molecule is COc1ccc2c(O[C@@H]3C[C@H]4C(=O)N[C@]5(C(=O)O)C[C@H]5C=CCCCCC[C@H](Nc5cccc(C(F)(F)F)c5)C(=O)N4C3)cc(-c3nc(C(C)C)cs3)nc2c1C. The van der Waals surface area contributed by atoms with E-state index in [1.807, 2.05) is 36.6 Å². The largest absolute Gasteiger partial charge is 0.496 e. The fourth-order valence-electron chi connectivity index (χ4n) is 7.79. The smallest absolute Gasteiger partial charge is 0.416 e. The van der Waals surface area contributed by atoms with Crippen LogP contribution in [0.15, 0.2) is 60.0 Å².